The van der Waals surface area contributed by atoms with Gasteiger partial charge in [-0.05, 0) is 0 Å². The summed E-state index contributed by atoms with van der Waals surface area (Å²) in [5.74, 6) is 0. The fraction of sp³-hybridized carbons (Fsp3) is 0.400. The second-order valence-corrected chi connectivity index (χ2v) is 50.4. The summed E-state index contributed by atoms with van der Waals surface area (Å²) in [5, 5.41) is 0. The molecule has 0 N–H and O–H groups in total. The standard InChI is InChI=1S/2C8H6S6.4CH3.2Sn/c2*1-9-5-6(10-2)14-8(13-5)7-11-3-4-12-7;;;;;;/h2*1-2H3;4*1H3;;. The van der Waals surface area contributed by atoms with Crippen molar-refractivity contribution >= 4 is 178 Å². The number of hydrogen-bond acceptors (Lipinski definition) is 12. The van der Waals surface area contributed by atoms with Crippen LogP contribution in [0, 0.1) is 0 Å². The normalized spacial score (nSPS) is 26.1. The van der Waals surface area contributed by atoms with Gasteiger partial charge >= 0.3 is 268 Å². The van der Waals surface area contributed by atoms with E-state index in [0.717, 1.165) is 0 Å². The monoisotopic (exact) mass is 888 g/mol. The van der Waals surface area contributed by atoms with Gasteiger partial charge in [0.25, 0.3) is 0 Å². The second kappa shape index (κ2) is 11.8. The summed E-state index contributed by atoms with van der Waals surface area (Å²) >= 11 is 19.4. The summed E-state index contributed by atoms with van der Waals surface area (Å²) in [4.78, 5) is 10.8. The van der Waals surface area contributed by atoms with Crippen molar-refractivity contribution in [1.29, 1.82) is 0 Å². The molecule has 0 amide bonds. The third kappa shape index (κ3) is 5.29. The Morgan fingerprint density at radius 1 is 0.382 bits per heavy atom. The Bertz CT molecular complexity index is 988. The molecule has 0 saturated carbocycles. The van der Waals surface area contributed by atoms with Gasteiger partial charge in [-0.1, -0.05) is 0 Å². The Labute approximate surface area is 263 Å². The molecule has 5 aliphatic heterocycles. The average Bonchev–Trinajstić information content (AvgIpc) is 3.59. The number of rotatable bonds is 4. The quantitative estimate of drug-likeness (QED) is 0.247. The van der Waals surface area contributed by atoms with E-state index in [-0.39, 0.29) is 0 Å². The van der Waals surface area contributed by atoms with Crippen LogP contribution in [0.4, 0.5) is 0 Å². The molecule has 0 aromatic rings. The summed E-state index contributed by atoms with van der Waals surface area (Å²) in [7, 11) is 0. The molecule has 34 heavy (non-hydrogen) atoms. The van der Waals surface area contributed by atoms with Gasteiger partial charge in [-0.25, -0.2) is 0 Å². The summed E-state index contributed by atoms with van der Waals surface area (Å²) < 4.78 is 19.8. The summed E-state index contributed by atoms with van der Waals surface area (Å²) in [6, 6.07) is 0. The van der Waals surface area contributed by atoms with Gasteiger partial charge in [0.05, 0.1) is 0 Å². The molecule has 0 aromatic heterocycles. The zero-order chi connectivity index (χ0) is 24.4. The molecule has 5 rings (SSSR count). The zero-order valence-corrected chi connectivity index (χ0v) is 35.4. The van der Waals surface area contributed by atoms with Gasteiger partial charge in [-0.15, -0.1) is 0 Å². The minimum atomic E-state index is -2.60. The summed E-state index contributed by atoms with van der Waals surface area (Å²) in [6.45, 7) is 0. The SMILES string of the molecule is CSC1=C(SC)SC(=C2S[C]3=[C](S2)[Sn]([CH3])([CH3])[C]2=[C](SC(=C4SC(SC)=C(SC)S4)S2)[Sn]3([CH3])[CH3])S1. The molecule has 14 heteroatoms. The number of thioether (sulfide) groups is 12. The van der Waals surface area contributed by atoms with Gasteiger partial charge in [0.2, 0.25) is 0 Å². The van der Waals surface area contributed by atoms with Crippen molar-refractivity contribution in [2.45, 2.75) is 19.8 Å². The van der Waals surface area contributed by atoms with E-state index >= 15 is 0 Å². The Balaban J connectivity index is 1.44. The zero-order valence-electron chi connectivity index (χ0n) is 19.9. The molecule has 0 nitrogen and oxygen atoms in total. The topological polar surface area (TPSA) is 0 Å². The first-order valence-electron chi connectivity index (χ1n) is 10.2. The first kappa shape index (κ1) is 29.7. The fourth-order valence-corrected chi connectivity index (χ4v) is 78.0. The molecule has 0 aromatic carbocycles. The van der Waals surface area contributed by atoms with E-state index in [0.29, 0.717) is 0 Å². The molecular formula is C20H24S12Sn2. The molecule has 0 bridgehead atoms. The van der Waals surface area contributed by atoms with Crippen molar-refractivity contribution < 1.29 is 0 Å². The van der Waals surface area contributed by atoms with Crippen LogP contribution < -0.4 is 0 Å². The maximum absolute atomic E-state index is 2.70. The van der Waals surface area contributed by atoms with Gasteiger partial charge in [-0.2, -0.15) is 0 Å². The molecule has 5 heterocycles. The second-order valence-electron chi connectivity index (χ2n) is 8.50. The molecule has 0 aliphatic carbocycles. The molecule has 0 spiro atoms. The van der Waals surface area contributed by atoms with Crippen LogP contribution in [0.1, 0.15) is 0 Å². The van der Waals surface area contributed by atoms with Crippen LogP contribution in [-0.4, -0.2) is 61.8 Å². The number of hydrogen-bond donors (Lipinski definition) is 0. The van der Waals surface area contributed by atoms with Crippen LogP contribution in [0.3, 0.4) is 0 Å². The van der Waals surface area contributed by atoms with Gasteiger partial charge in [0.15, 0.2) is 0 Å². The van der Waals surface area contributed by atoms with Crippen molar-refractivity contribution in [2.75, 3.05) is 25.0 Å². The van der Waals surface area contributed by atoms with Crippen LogP contribution in [-0.2, 0) is 0 Å². The maximum atomic E-state index is 2.70. The van der Waals surface area contributed by atoms with Crippen molar-refractivity contribution in [3.05, 3.63) is 45.6 Å². The first-order valence-corrected chi connectivity index (χ1v) is 38.8. The third-order valence-electron chi connectivity index (χ3n) is 5.61. The predicted octanol–water partition coefficient (Wildman–Crippen LogP) is 11.9. The minimum absolute atomic E-state index is 1.49. The molecule has 0 unspecified atom stereocenters. The first-order chi connectivity index (χ1) is 16.1. The predicted molar refractivity (Wildman–Crippen MR) is 192 cm³/mol. The van der Waals surface area contributed by atoms with E-state index in [1.54, 1.807) is 16.9 Å². The van der Waals surface area contributed by atoms with Crippen LogP contribution in [0.15, 0.2) is 45.6 Å². The third-order valence-corrected chi connectivity index (χ3v) is 60.7. The van der Waals surface area contributed by atoms with Crippen molar-refractivity contribution in [3.8, 4) is 0 Å². The van der Waals surface area contributed by atoms with E-state index in [1.165, 1.54) is 16.9 Å². The van der Waals surface area contributed by atoms with E-state index in [4.69, 9.17) is 0 Å². The van der Waals surface area contributed by atoms with Crippen LogP contribution in [0.25, 0.3) is 0 Å². The van der Waals surface area contributed by atoms with E-state index in [1.807, 2.05) is 106 Å². The molecule has 184 valence electrons. The van der Waals surface area contributed by atoms with Crippen molar-refractivity contribution in [2.24, 2.45) is 0 Å². The van der Waals surface area contributed by atoms with Crippen LogP contribution >= 0.6 is 141 Å². The van der Waals surface area contributed by atoms with Gasteiger partial charge < -0.3 is 0 Å². The Morgan fingerprint density at radius 3 is 0.794 bits per heavy atom. The average molecular weight is 887 g/mol. The molecule has 5 aliphatic rings. The van der Waals surface area contributed by atoms with E-state index < -0.39 is 36.8 Å². The molecule has 0 radical (unpaired) electrons. The van der Waals surface area contributed by atoms with E-state index in [9.17, 15) is 0 Å². The van der Waals surface area contributed by atoms with Crippen molar-refractivity contribution in [1.82, 2.24) is 0 Å². The van der Waals surface area contributed by atoms with Gasteiger partial charge in [0, 0.05) is 0 Å². The van der Waals surface area contributed by atoms with Crippen LogP contribution in [0.2, 0.25) is 19.8 Å². The fourth-order valence-electron chi connectivity index (χ4n) is 3.83. The molecule has 0 saturated heterocycles. The van der Waals surface area contributed by atoms with Gasteiger partial charge in [-0.3, -0.25) is 0 Å². The van der Waals surface area contributed by atoms with Crippen LogP contribution in [0.5, 0.6) is 0 Å². The van der Waals surface area contributed by atoms with Crippen molar-refractivity contribution in [3.63, 3.8) is 0 Å². The summed E-state index contributed by atoms with van der Waals surface area (Å²) in [6.07, 6.45) is 8.89. The Hall–Kier alpha value is 4.24. The molecule has 0 fully saturated rings. The molecular weight excluding hydrogens is 862 g/mol. The Morgan fingerprint density at radius 2 is 0.588 bits per heavy atom. The van der Waals surface area contributed by atoms with E-state index in [2.05, 4.69) is 91.8 Å². The molecule has 0 atom stereocenters. The van der Waals surface area contributed by atoms with Gasteiger partial charge in [0.1, 0.15) is 0 Å². The Kier molecular flexibility index (Phi) is 10.4. The summed E-state index contributed by atoms with van der Waals surface area (Å²) in [5.41, 5.74) is 0.